The summed E-state index contributed by atoms with van der Waals surface area (Å²) in [6.07, 6.45) is 1.29. The maximum absolute atomic E-state index is 13.6. The first-order chi connectivity index (χ1) is 15.6. The van der Waals surface area contributed by atoms with Crippen LogP contribution in [0.3, 0.4) is 0 Å². The standard InChI is InChI=1S/C25H23BrN2O3S/c1-30-21-12-15(16(26)13-22(21)31-2)25-24-19(27-17-6-3-4-7-18(17)28-25)10-14(11-20(24)29)23-8-5-9-32-23/h3-9,12-14,25,27-28H,10-11H2,1-2H3/t14-,25+/m0/s1. The third-order valence-electron chi connectivity index (χ3n) is 6.07. The quantitative estimate of drug-likeness (QED) is 0.419. The van der Waals surface area contributed by atoms with Crippen molar-refractivity contribution in [3.05, 3.63) is 80.1 Å². The molecule has 0 radical (unpaired) electrons. The van der Waals surface area contributed by atoms with E-state index in [0.29, 0.717) is 17.9 Å². The molecular formula is C25H23BrN2O3S. The molecular weight excluding hydrogens is 488 g/mol. The molecule has 5 nitrogen and oxygen atoms in total. The minimum absolute atomic E-state index is 0.157. The van der Waals surface area contributed by atoms with Gasteiger partial charge in [-0.25, -0.2) is 0 Å². The smallest absolute Gasteiger partial charge is 0.163 e. The number of thiophene rings is 1. The fraction of sp³-hybridized carbons (Fsp3) is 0.240. The zero-order valence-electron chi connectivity index (χ0n) is 17.8. The van der Waals surface area contributed by atoms with Gasteiger partial charge in [0.05, 0.1) is 31.6 Å². The second-order valence-corrected chi connectivity index (χ2v) is 9.75. The Kier molecular flexibility index (Phi) is 5.69. The molecule has 3 aromatic rings. The van der Waals surface area contributed by atoms with E-state index in [1.165, 1.54) is 4.88 Å². The fourth-order valence-corrected chi connectivity index (χ4v) is 5.92. The highest BCUT2D eigenvalue weighted by Gasteiger charge is 2.37. The Morgan fingerprint density at radius 2 is 1.75 bits per heavy atom. The first-order valence-electron chi connectivity index (χ1n) is 10.4. The summed E-state index contributed by atoms with van der Waals surface area (Å²) in [4.78, 5) is 14.9. The van der Waals surface area contributed by atoms with Crippen LogP contribution in [0.2, 0.25) is 0 Å². The second kappa shape index (κ2) is 8.64. The van der Waals surface area contributed by atoms with E-state index in [1.807, 2.05) is 36.4 Å². The lowest BCUT2D eigenvalue weighted by atomic mass is 9.80. The molecule has 0 saturated carbocycles. The zero-order chi connectivity index (χ0) is 22.2. The molecule has 0 fully saturated rings. The van der Waals surface area contributed by atoms with Crippen molar-refractivity contribution in [1.29, 1.82) is 0 Å². The second-order valence-electron chi connectivity index (χ2n) is 7.91. The van der Waals surface area contributed by atoms with E-state index in [2.05, 4.69) is 44.1 Å². The molecule has 0 unspecified atom stereocenters. The van der Waals surface area contributed by atoms with E-state index in [0.717, 1.165) is 39.1 Å². The van der Waals surface area contributed by atoms with Gasteiger partial charge in [-0.15, -0.1) is 11.3 Å². The average molecular weight is 511 g/mol. The van der Waals surface area contributed by atoms with Gasteiger partial charge in [0.15, 0.2) is 17.3 Å². The number of carbonyl (C=O) groups is 1. The SMILES string of the molecule is COc1cc(Br)c([C@H]2Nc3ccccc3NC3=C2C(=O)C[C@@H](c2cccs2)C3)cc1OC. The van der Waals surface area contributed by atoms with Crippen LogP contribution in [0.1, 0.15) is 35.2 Å². The van der Waals surface area contributed by atoms with Crippen molar-refractivity contribution in [2.45, 2.75) is 24.8 Å². The number of ether oxygens (including phenoxy) is 2. The molecule has 164 valence electrons. The molecule has 7 heteroatoms. The molecule has 1 aliphatic heterocycles. The topological polar surface area (TPSA) is 59.6 Å². The van der Waals surface area contributed by atoms with Crippen LogP contribution in [-0.2, 0) is 4.79 Å². The molecule has 32 heavy (non-hydrogen) atoms. The van der Waals surface area contributed by atoms with Crippen molar-refractivity contribution in [3.8, 4) is 11.5 Å². The molecule has 0 spiro atoms. The van der Waals surface area contributed by atoms with Crippen LogP contribution in [0.15, 0.2) is 69.7 Å². The summed E-state index contributed by atoms with van der Waals surface area (Å²) in [7, 11) is 3.24. The summed E-state index contributed by atoms with van der Waals surface area (Å²) in [6, 6.07) is 15.7. The Labute approximate surface area is 199 Å². The number of benzene rings is 2. The maximum atomic E-state index is 13.6. The van der Waals surface area contributed by atoms with Crippen LogP contribution in [0.25, 0.3) is 0 Å². The molecule has 1 aromatic heterocycles. The first kappa shape index (κ1) is 21.1. The molecule has 1 aliphatic carbocycles. The van der Waals surface area contributed by atoms with Gasteiger partial charge in [0.1, 0.15) is 0 Å². The van der Waals surface area contributed by atoms with Crippen LogP contribution in [0.5, 0.6) is 11.5 Å². The molecule has 5 rings (SSSR count). The number of rotatable bonds is 4. The van der Waals surface area contributed by atoms with Crippen LogP contribution < -0.4 is 20.1 Å². The lowest BCUT2D eigenvalue weighted by Gasteiger charge is -2.30. The Morgan fingerprint density at radius 1 is 1.00 bits per heavy atom. The predicted molar refractivity (Wildman–Crippen MR) is 132 cm³/mol. The number of Topliss-reactive ketones (excluding diaryl/α,β-unsaturated/α-hetero) is 1. The summed E-state index contributed by atoms with van der Waals surface area (Å²) < 4.78 is 11.9. The van der Waals surface area contributed by atoms with Gasteiger partial charge in [0, 0.05) is 33.0 Å². The van der Waals surface area contributed by atoms with Crippen LogP contribution in [0, 0.1) is 0 Å². The highest BCUT2D eigenvalue weighted by molar-refractivity contribution is 9.10. The van der Waals surface area contributed by atoms with Crippen molar-refractivity contribution in [1.82, 2.24) is 0 Å². The van der Waals surface area contributed by atoms with Gasteiger partial charge < -0.3 is 20.1 Å². The average Bonchev–Trinajstić information content (AvgIpc) is 3.28. The van der Waals surface area contributed by atoms with Crippen molar-refractivity contribution >= 4 is 44.4 Å². The molecule has 2 atom stereocenters. The monoisotopic (exact) mass is 510 g/mol. The van der Waals surface area contributed by atoms with E-state index in [9.17, 15) is 4.79 Å². The van der Waals surface area contributed by atoms with E-state index < -0.39 is 0 Å². The third kappa shape index (κ3) is 3.69. The highest BCUT2D eigenvalue weighted by atomic mass is 79.9. The summed E-state index contributed by atoms with van der Waals surface area (Å²) in [5.74, 6) is 1.61. The largest absolute Gasteiger partial charge is 0.493 e. The van der Waals surface area contributed by atoms with Crippen molar-refractivity contribution < 1.29 is 14.3 Å². The molecule has 0 bridgehead atoms. The van der Waals surface area contributed by atoms with Gasteiger partial charge in [0.25, 0.3) is 0 Å². The molecule has 2 aromatic carbocycles. The van der Waals surface area contributed by atoms with Crippen LogP contribution in [0.4, 0.5) is 11.4 Å². The number of hydrogen-bond acceptors (Lipinski definition) is 6. The van der Waals surface area contributed by atoms with Gasteiger partial charge in [0.2, 0.25) is 0 Å². The predicted octanol–water partition coefficient (Wildman–Crippen LogP) is 6.51. The van der Waals surface area contributed by atoms with Crippen molar-refractivity contribution in [2.75, 3.05) is 24.9 Å². The van der Waals surface area contributed by atoms with E-state index in [4.69, 9.17) is 9.47 Å². The lowest BCUT2D eigenvalue weighted by Crippen LogP contribution is -2.26. The summed E-state index contributed by atoms with van der Waals surface area (Å²) >= 11 is 5.42. The normalized spacial score (nSPS) is 19.9. The van der Waals surface area contributed by atoms with Gasteiger partial charge in [-0.05, 0) is 47.7 Å². The summed E-state index contributed by atoms with van der Waals surface area (Å²) in [5, 5.41) is 9.28. The van der Waals surface area contributed by atoms with Crippen molar-refractivity contribution in [2.24, 2.45) is 0 Å². The third-order valence-corrected chi connectivity index (χ3v) is 7.79. The number of ketones is 1. The number of methoxy groups -OCH3 is 2. The first-order valence-corrected chi connectivity index (χ1v) is 12.1. The Hall–Kier alpha value is -2.77. The molecule has 0 amide bonds. The number of anilines is 2. The zero-order valence-corrected chi connectivity index (χ0v) is 20.2. The molecule has 2 heterocycles. The molecule has 2 N–H and O–H groups in total. The minimum Gasteiger partial charge on any atom is -0.493 e. The highest BCUT2D eigenvalue weighted by Crippen LogP contribution is 2.47. The van der Waals surface area contributed by atoms with Crippen molar-refractivity contribution in [3.63, 3.8) is 0 Å². The fourth-order valence-electron chi connectivity index (χ4n) is 4.54. The van der Waals surface area contributed by atoms with Gasteiger partial charge in [-0.3, -0.25) is 4.79 Å². The number of fused-ring (bicyclic) bond motifs is 1. The lowest BCUT2D eigenvalue weighted by molar-refractivity contribution is -0.116. The number of allylic oxidation sites excluding steroid dienone is 1. The number of nitrogens with one attached hydrogen (secondary N) is 2. The summed E-state index contributed by atoms with van der Waals surface area (Å²) in [6.45, 7) is 0. The van der Waals surface area contributed by atoms with E-state index in [-0.39, 0.29) is 17.7 Å². The molecule has 0 saturated heterocycles. The van der Waals surface area contributed by atoms with Gasteiger partial charge >= 0.3 is 0 Å². The van der Waals surface area contributed by atoms with E-state index >= 15 is 0 Å². The minimum atomic E-state index is -0.327. The van der Waals surface area contributed by atoms with Crippen LogP contribution in [-0.4, -0.2) is 20.0 Å². The Bertz CT molecular complexity index is 1210. The molecule has 2 aliphatic rings. The van der Waals surface area contributed by atoms with Gasteiger partial charge in [-0.1, -0.05) is 34.1 Å². The van der Waals surface area contributed by atoms with Crippen LogP contribution >= 0.6 is 27.3 Å². The number of hydrogen-bond donors (Lipinski definition) is 2. The van der Waals surface area contributed by atoms with Gasteiger partial charge in [-0.2, -0.15) is 0 Å². The number of carbonyl (C=O) groups excluding carboxylic acids is 1. The summed E-state index contributed by atoms with van der Waals surface area (Å²) in [5.41, 5.74) is 4.61. The van der Waals surface area contributed by atoms with E-state index in [1.54, 1.807) is 25.6 Å². The number of para-hydroxylation sites is 2. The Morgan fingerprint density at radius 3 is 2.47 bits per heavy atom. The number of halogens is 1. The maximum Gasteiger partial charge on any atom is 0.163 e. The Balaban J connectivity index is 1.66.